The lowest BCUT2D eigenvalue weighted by molar-refractivity contribution is 0.409. The lowest BCUT2D eigenvalue weighted by Gasteiger charge is -2.11. The van der Waals surface area contributed by atoms with Crippen molar-refractivity contribution in [3.8, 4) is 5.75 Å². The summed E-state index contributed by atoms with van der Waals surface area (Å²) in [4.78, 5) is 0. The van der Waals surface area contributed by atoms with E-state index >= 15 is 0 Å². The first-order valence-electron chi connectivity index (χ1n) is 5.72. The van der Waals surface area contributed by atoms with E-state index in [9.17, 15) is 4.39 Å². The van der Waals surface area contributed by atoms with Crippen LogP contribution in [0.25, 0.3) is 0 Å². The highest BCUT2D eigenvalue weighted by atomic mass is 79.9. The van der Waals surface area contributed by atoms with Crippen LogP contribution < -0.4 is 10.1 Å². The average Bonchev–Trinajstić information content (AvgIpc) is 2.40. The highest BCUT2D eigenvalue weighted by Gasteiger charge is 2.08. The fourth-order valence-electron chi connectivity index (χ4n) is 1.72. The highest BCUT2D eigenvalue weighted by molar-refractivity contribution is 9.11. The number of hydrogen-bond donors (Lipinski definition) is 1. The van der Waals surface area contributed by atoms with Gasteiger partial charge in [0.05, 0.1) is 20.5 Å². The number of hydrogen-bond acceptors (Lipinski definition) is 2. The summed E-state index contributed by atoms with van der Waals surface area (Å²) in [7, 11) is 1.62. The van der Waals surface area contributed by atoms with Gasteiger partial charge in [-0.05, 0) is 83.7 Å². The Balaban J connectivity index is 2.13. The first-order chi connectivity index (χ1) is 9.51. The van der Waals surface area contributed by atoms with Crippen molar-refractivity contribution in [3.05, 3.63) is 55.1 Å². The van der Waals surface area contributed by atoms with E-state index in [1.165, 1.54) is 6.07 Å². The van der Waals surface area contributed by atoms with Crippen LogP contribution in [0.2, 0.25) is 0 Å². The Labute approximate surface area is 142 Å². The zero-order valence-electron chi connectivity index (χ0n) is 10.5. The fraction of sp³-hybridized carbons (Fsp3) is 0.143. The van der Waals surface area contributed by atoms with E-state index in [0.717, 1.165) is 25.9 Å². The Morgan fingerprint density at radius 1 is 1.05 bits per heavy atom. The van der Waals surface area contributed by atoms with Crippen LogP contribution in [-0.4, -0.2) is 7.11 Å². The van der Waals surface area contributed by atoms with Crippen LogP contribution in [0.1, 0.15) is 5.56 Å². The minimum Gasteiger partial charge on any atom is -0.494 e. The molecule has 0 amide bonds. The van der Waals surface area contributed by atoms with Gasteiger partial charge in [0, 0.05) is 12.2 Å². The molecule has 0 atom stereocenters. The lowest BCUT2D eigenvalue weighted by atomic mass is 10.2. The number of methoxy groups -OCH3 is 1. The van der Waals surface area contributed by atoms with Crippen LogP contribution >= 0.6 is 47.8 Å². The smallest absolute Gasteiger partial charge is 0.147 e. The van der Waals surface area contributed by atoms with Gasteiger partial charge in [-0.3, -0.25) is 0 Å². The molecule has 6 heteroatoms. The average molecular weight is 468 g/mol. The minimum absolute atomic E-state index is 0.285. The summed E-state index contributed by atoms with van der Waals surface area (Å²) < 4.78 is 20.9. The second-order valence-corrected chi connectivity index (χ2v) is 6.64. The predicted octanol–water partition coefficient (Wildman–Crippen LogP) is 5.73. The number of halogens is 4. The summed E-state index contributed by atoms with van der Waals surface area (Å²) in [5.74, 6) is 0.468. The van der Waals surface area contributed by atoms with E-state index in [1.807, 2.05) is 18.2 Å². The second kappa shape index (κ2) is 6.91. The van der Waals surface area contributed by atoms with Crippen LogP contribution in [0, 0.1) is 5.82 Å². The van der Waals surface area contributed by atoms with Gasteiger partial charge < -0.3 is 10.1 Å². The van der Waals surface area contributed by atoms with Crippen LogP contribution in [0.15, 0.2) is 43.7 Å². The fourth-order valence-corrected chi connectivity index (χ4v) is 3.57. The monoisotopic (exact) mass is 465 g/mol. The maximum Gasteiger partial charge on any atom is 0.147 e. The van der Waals surface area contributed by atoms with Crippen molar-refractivity contribution in [1.29, 1.82) is 0 Å². The van der Waals surface area contributed by atoms with Gasteiger partial charge >= 0.3 is 0 Å². The van der Waals surface area contributed by atoms with Crippen LogP contribution in [0.3, 0.4) is 0 Å². The van der Waals surface area contributed by atoms with Gasteiger partial charge in [0.15, 0.2) is 0 Å². The molecule has 106 valence electrons. The molecule has 0 radical (unpaired) electrons. The lowest BCUT2D eigenvalue weighted by Crippen LogP contribution is -2.00. The highest BCUT2D eigenvalue weighted by Crippen LogP contribution is 2.34. The molecule has 2 rings (SSSR count). The molecule has 0 aliphatic rings. The quantitative estimate of drug-likeness (QED) is 0.619. The number of ether oxygens (including phenoxy) is 1. The number of nitrogens with one attached hydrogen (secondary N) is 1. The Kier molecular flexibility index (Phi) is 5.46. The molecular weight excluding hydrogens is 457 g/mol. The first kappa shape index (κ1) is 15.8. The molecule has 20 heavy (non-hydrogen) atoms. The van der Waals surface area contributed by atoms with Crippen molar-refractivity contribution in [2.75, 3.05) is 12.4 Å². The summed E-state index contributed by atoms with van der Waals surface area (Å²) in [5, 5.41) is 3.18. The molecule has 0 bridgehead atoms. The van der Waals surface area contributed by atoms with Gasteiger partial charge in [0.25, 0.3) is 0 Å². The third kappa shape index (κ3) is 3.74. The number of anilines is 1. The van der Waals surface area contributed by atoms with Gasteiger partial charge in [-0.1, -0.05) is 0 Å². The predicted molar refractivity (Wildman–Crippen MR) is 89.8 cm³/mol. The molecule has 0 saturated heterocycles. The molecule has 0 aliphatic heterocycles. The molecule has 0 aliphatic carbocycles. The Morgan fingerprint density at radius 3 is 2.25 bits per heavy atom. The van der Waals surface area contributed by atoms with Gasteiger partial charge in [-0.2, -0.15) is 0 Å². The molecule has 2 aromatic carbocycles. The van der Waals surface area contributed by atoms with E-state index < -0.39 is 0 Å². The van der Waals surface area contributed by atoms with Crippen LogP contribution in [-0.2, 0) is 6.54 Å². The van der Waals surface area contributed by atoms with Crippen molar-refractivity contribution in [3.63, 3.8) is 0 Å². The van der Waals surface area contributed by atoms with E-state index in [4.69, 9.17) is 4.74 Å². The molecule has 0 heterocycles. The minimum atomic E-state index is -0.285. The molecule has 0 fully saturated rings. The van der Waals surface area contributed by atoms with Crippen molar-refractivity contribution in [1.82, 2.24) is 0 Å². The van der Waals surface area contributed by atoms with Crippen LogP contribution in [0.4, 0.5) is 10.1 Å². The Bertz CT molecular complexity index is 611. The zero-order chi connectivity index (χ0) is 14.7. The third-order valence-corrected chi connectivity index (χ3v) is 4.50. The van der Waals surface area contributed by atoms with E-state index in [-0.39, 0.29) is 5.82 Å². The summed E-state index contributed by atoms with van der Waals surface area (Å²) in [5.41, 5.74) is 1.78. The van der Waals surface area contributed by atoms with E-state index in [1.54, 1.807) is 13.2 Å². The molecule has 0 unspecified atom stereocenters. The second-order valence-electron chi connectivity index (χ2n) is 4.08. The standard InChI is InChI=1S/C14H11Br3FNO/c1-20-14-11(16)4-8(5-12(14)17)7-19-9-2-3-10(15)13(18)6-9/h2-6,19H,7H2,1H3. The summed E-state index contributed by atoms with van der Waals surface area (Å²) in [6, 6.07) is 8.88. The topological polar surface area (TPSA) is 21.3 Å². The maximum absolute atomic E-state index is 13.4. The van der Waals surface area contributed by atoms with Gasteiger partial charge in [0.2, 0.25) is 0 Å². The SMILES string of the molecule is COc1c(Br)cc(CNc2ccc(Br)c(F)c2)cc1Br. The summed E-state index contributed by atoms with van der Waals surface area (Å²) >= 11 is 10.0. The summed E-state index contributed by atoms with van der Waals surface area (Å²) in [6.07, 6.45) is 0. The van der Waals surface area contributed by atoms with Crippen molar-refractivity contribution >= 4 is 53.5 Å². The molecule has 0 spiro atoms. The van der Waals surface area contributed by atoms with Gasteiger partial charge in [-0.25, -0.2) is 4.39 Å². The largest absolute Gasteiger partial charge is 0.494 e. The van der Waals surface area contributed by atoms with Gasteiger partial charge in [-0.15, -0.1) is 0 Å². The molecule has 2 aromatic rings. The van der Waals surface area contributed by atoms with Crippen molar-refractivity contribution < 1.29 is 9.13 Å². The zero-order valence-corrected chi connectivity index (χ0v) is 15.3. The normalized spacial score (nSPS) is 10.4. The first-order valence-corrected chi connectivity index (χ1v) is 8.10. The van der Waals surface area contributed by atoms with Crippen molar-refractivity contribution in [2.24, 2.45) is 0 Å². The van der Waals surface area contributed by atoms with Crippen molar-refractivity contribution in [2.45, 2.75) is 6.54 Å². The molecule has 0 aromatic heterocycles. The molecular formula is C14H11Br3FNO. The van der Waals surface area contributed by atoms with E-state index in [2.05, 4.69) is 53.1 Å². The number of benzene rings is 2. The molecule has 0 saturated carbocycles. The van der Waals surface area contributed by atoms with Crippen LogP contribution in [0.5, 0.6) is 5.75 Å². The number of rotatable bonds is 4. The maximum atomic E-state index is 13.4. The third-order valence-electron chi connectivity index (χ3n) is 2.68. The Hall–Kier alpha value is -0.590. The molecule has 1 N–H and O–H groups in total. The summed E-state index contributed by atoms with van der Waals surface area (Å²) in [6.45, 7) is 0.586. The van der Waals surface area contributed by atoms with Gasteiger partial charge in [0.1, 0.15) is 11.6 Å². The Morgan fingerprint density at radius 2 is 1.70 bits per heavy atom. The van der Waals surface area contributed by atoms with E-state index in [0.29, 0.717) is 11.0 Å². The molecule has 2 nitrogen and oxygen atoms in total.